The zero-order valence-corrected chi connectivity index (χ0v) is 17.7. The number of H-pyrrole nitrogens is 1. The molecule has 0 fully saturated rings. The third kappa shape index (κ3) is 3.44. The van der Waals surface area contributed by atoms with Crippen LogP contribution in [0.5, 0.6) is 0 Å². The lowest BCUT2D eigenvalue weighted by molar-refractivity contribution is 0.332. The summed E-state index contributed by atoms with van der Waals surface area (Å²) >= 11 is 0. The fourth-order valence-electron chi connectivity index (χ4n) is 4.32. The third-order valence-electron chi connectivity index (χ3n) is 5.97. The summed E-state index contributed by atoms with van der Waals surface area (Å²) in [7, 11) is 0. The quantitative estimate of drug-likeness (QED) is 0.266. The van der Waals surface area contributed by atoms with Crippen molar-refractivity contribution in [3.05, 3.63) is 94.8 Å². The second kappa shape index (κ2) is 8.04. The Morgan fingerprint density at radius 1 is 1.23 bits per heavy atom. The van der Waals surface area contributed by atoms with Crippen molar-refractivity contribution in [2.45, 2.75) is 33.2 Å². The monoisotopic (exact) mass is 394 g/mol. The van der Waals surface area contributed by atoms with Crippen LogP contribution in [-0.2, 0) is 6.42 Å². The van der Waals surface area contributed by atoms with Gasteiger partial charge in [0, 0.05) is 23.1 Å². The molecule has 2 heterocycles. The van der Waals surface area contributed by atoms with Gasteiger partial charge in [-0.3, -0.25) is 0 Å². The third-order valence-corrected chi connectivity index (χ3v) is 5.97. The molecule has 4 nitrogen and oxygen atoms in total. The molecule has 0 bridgehead atoms. The summed E-state index contributed by atoms with van der Waals surface area (Å²) in [6, 6.07) is 17.3. The highest BCUT2D eigenvalue weighted by molar-refractivity contribution is 5.87. The van der Waals surface area contributed by atoms with Gasteiger partial charge in [-0.25, -0.2) is 4.99 Å². The van der Waals surface area contributed by atoms with Gasteiger partial charge in [-0.2, -0.15) is 5.26 Å². The Morgan fingerprint density at radius 2 is 2.03 bits per heavy atom. The van der Waals surface area contributed by atoms with Crippen molar-refractivity contribution in [1.82, 2.24) is 9.88 Å². The van der Waals surface area contributed by atoms with Gasteiger partial charge in [-0.1, -0.05) is 49.1 Å². The Balaban J connectivity index is 1.89. The average molecular weight is 395 g/mol. The highest BCUT2D eigenvalue weighted by Crippen LogP contribution is 2.39. The number of aromatic nitrogens is 1. The Kier molecular flexibility index (Phi) is 5.29. The van der Waals surface area contributed by atoms with Crippen LogP contribution in [0.25, 0.3) is 10.9 Å². The summed E-state index contributed by atoms with van der Waals surface area (Å²) in [5.74, 6) is 0.831. The Hall–Kier alpha value is -3.58. The number of aryl methyl sites for hydroxylation is 2. The minimum Gasteiger partial charge on any atom is -0.356 e. The zero-order valence-electron chi connectivity index (χ0n) is 17.7. The van der Waals surface area contributed by atoms with Gasteiger partial charge in [0.2, 0.25) is 0 Å². The van der Waals surface area contributed by atoms with Crippen molar-refractivity contribution < 1.29 is 0 Å². The molecule has 1 unspecified atom stereocenters. The molecular weight excluding hydrogens is 368 g/mol. The van der Waals surface area contributed by atoms with E-state index in [2.05, 4.69) is 83.8 Å². The number of nitrogens with one attached hydrogen (secondary N) is 1. The van der Waals surface area contributed by atoms with E-state index >= 15 is 0 Å². The number of rotatable bonds is 3. The van der Waals surface area contributed by atoms with Gasteiger partial charge in [0.25, 0.3) is 0 Å². The van der Waals surface area contributed by atoms with Crippen molar-refractivity contribution in [2.24, 2.45) is 4.99 Å². The number of amidine groups is 1. The van der Waals surface area contributed by atoms with Crippen LogP contribution in [0.3, 0.4) is 0 Å². The molecule has 0 aliphatic carbocycles. The van der Waals surface area contributed by atoms with Gasteiger partial charge >= 0.3 is 0 Å². The summed E-state index contributed by atoms with van der Waals surface area (Å²) in [5, 5.41) is 10.7. The molecule has 4 rings (SSSR count). The summed E-state index contributed by atoms with van der Waals surface area (Å²) in [6.45, 7) is 10.8. The van der Waals surface area contributed by atoms with E-state index in [-0.39, 0.29) is 6.04 Å². The van der Waals surface area contributed by atoms with E-state index < -0.39 is 0 Å². The second-order valence-corrected chi connectivity index (χ2v) is 7.81. The molecule has 0 amide bonds. The van der Waals surface area contributed by atoms with Crippen molar-refractivity contribution in [1.29, 1.82) is 5.26 Å². The number of nitrogens with zero attached hydrogens (tertiary/aromatic N) is 3. The second-order valence-electron chi connectivity index (χ2n) is 7.81. The van der Waals surface area contributed by atoms with Crippen LogP contribution >= 0.6 is 0 Å². The maximum Gasteiger partial charge on any atom is 0.142 e. The molecule has 1 aliphatic heterocycles. The van der Waals surface area contributed by atoms with Crippen molar-refractivity contribution in [3.8, 4) is 6.07 Å². The largest absolute Gasteiger partial charge is 0.356 e. The van der Waals surface area contributed by atoms with E-state index in [1.165, 1.54) is 33.3 Å². The Morgan fingerprint density at radius 3 is 2.77 bits per heavy atom. The summed E-state index contributed by atoms with van der Waals surface area (Å²) in [5.41, 5.74) is 7.90. The van der Waals surface area contributed by atoms with Gasteiger partial charge < -0.3 is 9.88 Å². The first-order valence-electron chi connectivity index (χ1n) is 10.2. The van der Waals surface area contributed by atoms with Crippen LogP contribution in [0, 0.1) is 25.2 Å². The zero-order chi connectivity index (χ0) is 21.3. The van der Waals surface area contributed by atoms with E-state index in [9.17, 15) is 5.26 Å². The average Bonchev–Trinajstić information content (AvgIpc) is 3.13. The van der Waals surface area contributed by atoms with Gasteiger partial charge in [0.1, 0.15) is 17.6 Å². The SMILES string of the molecule is C=C/C=C(C#N)\N=C(/C)N1CCc2c([nH]c3ccccc23)C1c1ccc(C)c(C)c1. The standard InChI is InChI=1S/C26H26N4/c1-5-8-21(16-27)28-19(4)30-14-13-23-22-9-6-7-10-24(22)29-25(23)26(30)20-12-11-17(2)18(3)15-20/h5-12,15,26,29H,1,13-14H2,2-4H3/b21-8-,28-19+. The highest BCUT2D eigenvalue weighted by Gasteiger charge is 2.32. The first kappa shape index (κ1) is 19.7. The van der Waals surface area contributed by atoms with E-state index in [0.29, 0.717) is 5.70 Å². The molecule has 0 spiro atoms. The Bertz CT molecular complexity index is 1220. The lowest BCUT2D eigenvalue weighted by Crippen LogP contribution is -2.39. The fourth-order valence-corrected chi connectivity index (χ4v) is 4.32. The van der Waals surface area contributed by atoms with Gasteiger partial charge in [0.15, 0.2) is 0 Å². The number of hydrogen-bond acceptors (Lipinski definition) is 2. The predicted octanol–water partition coefficient (Wildman–Crippen LogP) is 5.74. The summed E-state index contributed by atoms with van der Waals surface area (Å²) < 4.78 is 0. The number of allylic oxidation sites excluding steroid dienone is 3. The highest BCUT2D eigenvalue weighted by atomic mass is 15.2. The Labute approximate surface area is 177 Å². The summed E-state index contributed by atoms with van der Waals surface area (Å²) in [6.07, 6.45) is 4.18. The van der Waals surface area contributed by atoms with Crippen molar-refractivity contribution in [2.75, 3.05) is 6.54 Å². The number of aliphatic imine (C=N–C) groups is 1. The van der Waals surface area contributed by atoms with E-state index in [0.717, 1.165) is 24.3 Å². The number of benzene rings is 2. The van der Waals surface area contributed by atoms with E-state index in [4.69, 9.17) is 0 Å². The maximum absolute atomic E-state index is 9.41. The molecule has 0 saturated carbocycles. The number of hydrogen-bond donors (Lipinski definition) is 1. The van der Waals surface area contributed by atoms with Crippen LogP contribution in [0.2, 0.25) is 0 Å². The molecule has 1 aromatic heterocycles. The van der Waals surface area contributed by atoms with E-state index in [1.54, 1.807) is 12.2 Å². The topological polar surface area (TPSA) is 55.2 Å². The molecule has 3 aromatic rings. The minimum atomic E-state index is 0.0212. The molecule has 0 saturated heterocycles. The van der Waals surface area contributed by atoms with Gasteiger partial charge in [0.05, 0.1) is 6.04 Å². The first-order chi connectivity index (χ1) is 14.5. The molecule has 150 valence electrons. The number of aromatic amines is 1. The molecule has 0 radical (unpaired) electrons. The molecule has 1 aliphatic rings. The number of fused-ring (bicyclic) bond motifs is 3. The van der Waals surface area contributed by atoms with Crippen LogP contribution in [-0.4, -0.2) is 22.3 Å². The van der Waals surface area contributed by atoms with Gasteiger partial charge in [-0.15, -0.1) is 0 Å². The number of nitriles is 1. The van der Waals surface area contributed by atoms with Crippen molar-refractivity contribution >= 4 is 16.7 Å². The van der Waals surface area contributed by atoms with E-state index in [1.807, 2.05) is 6.92 Å². The summed E-state index contributed by atoms with van der Waals surface area (Å²) in [4.78, 5) is 10.6. The van der Waals surface area contributed by atoms with Crippen LogP contribution < -0.4 is 0 Å². The first-order valence-corrected chi connectivity index (χ1v) is 10.2. The molecule has 30 heavy (non-hydrogen) atoms. The lowest BCUT2D eigenvalue weighted by Gasteiger charge is -2.37. The van der Waals surface area contributed by atoms with Crippen LogP contribution in [0.1, 0.15) is 40.9 Å². The van der Waals surface area contributed by atoms with Crippen LogP contribution in [0.4, 0.5) is 0 Å². The molecule has 1 atom stereocenters. The predicted molar refractivity (Wildman–Crippen MR) is 123 cm³/mol. The van der Waals surface area contributed by atoms with Crippen molar-refractivity contribution in [3.63, 3.8) is 0 Å². The maximum atomic E-state index is 9.41. The minimum absolute atomic E-state index is 0.0212. The molecular formula is C26H26N4. The number of para-hydroxylation sites is 1. The molecule has 4 heteroatoms. The molecule has 1 N–H and O–H groups in total. The van der Waals surface area contributed by atoms with Gasteiger partial charge in [-0.05, 0) is 61.6 Å². The van der Waals surface area contributed by atoms with Crippen LogP contribution in [0.15, 0.2) is 71.9 Å². The normalized spacial score (nSPS) is 17.0. The molecule has 2 aromatic carbocycles. The smallest absolute Gasteiger partial charge is 0.142 e. The fraction of sp³-hybridized carbons (Fsp3) is 0.231. The lowest BCUT2D eigenvalue weighted by atomic mass is 9.91.